The van der Waals surface area contributed by atoms with Crippen molar-refractivity contribution in [1.82, 2.24) is 24.1 Å². The van der Waals surface area contributed by atoms with Crippen molar-refractivity contribution in [2.24, 2.45) is 7.05 Å². The molecule has 8 nitrogen and oxygen atoms in total. The van der Waals surface area contributed by atoms with Crippen LogP contribution in [0.4, 0.5) is 19.0 Å². The molecule has 33 heavy (non-hydrogen) atoms. The number of aromatic nitrogens is 4. The highest BCUT2D eigenvalue weighted by Crippen LogP contribution is 2.32. The van der Waals surface area contributed by atoms with Crippen LogP contribution in [0.25, 0.3) is 22.6 Å². The lowest BCUT2D eigenvalue weighted by Gasteiger charge is -2.34. The molecule has 0 amide bonds. The van der Waals surface area contributed by atoms with Gasteiger partial charge in [0.15, 0.2) is 5.82 Å². The molecule has 3 aromatic rings. The predicted molar refractivity (Wildman–Crippen MR) is 118 cm³/mol. The molecule has 3 heterocycles. The van der Waals surface area contributed by atoms with Crippen molar-refractivity contribution in [2.45, 2.75) is 6.18 Å². The van der Waals surface area contributed by atoms with Gasteiger partial charge in [-0.2, -0.15) is 22.6 Å². The number of alkyl halides is 3. The van der Waals surface area contributed by atoms with Crippen LogP contribution >= 0.6 is 0 Å². The average Bonchev–Trinajstić information content (AvgIpc) is 3.25. The summed E-state index contributed by atoms with van der Waals surface area (Å²) in [6.07, 6.45) is -1.09. The fourth-order valence-corrected chi connectivity index (χ4v) is 4.40. The molecule has 1 aromatic carbocycles. The van der Waals surface area contributed by atoms with Gasteiger partial charge in [0.2, 0.25) is 10.0 Å². The molecule has 174 valence electrons. The topological polar surface area (TPSA) is 84.2 Å². The van der Waals surface area contributed by atoms with Crippen LogP contribution in [0.5, 0.6) is 0 Å². The van der Waals surface area contributed by atoms with Crippen LogP contribution in [0.15, 0.2) is 54.7 Å². The normalized spacial score (nSPS) is 15.6. The Bertz CT molecular complexity index is 1260. The summed E-state index contributed by atoms with van der Waals surface area (Å²) < 4.78 is 65.9. The van der Waals surface area contributed by atoms with Crippen LogP contribution < -0.4 is 4.90 Å². The lowest BCUT2D eigenvalue weighted by Crippen LogP contribution is -2.48. The van der Waals surface area contributed by atoms with Gasteiger partial charge in [-0.3, -0.25) is 4.68 Å². The number of rotatable bonds is 5. The van der Waals surface area contributed by atoms with Crippen LogP contribution in [-0.4, -0.2) is 58.7 Å². The van der Waals surface area contributed by atoms with Crippen LogP contribution in [0.2, 0.25) is 0 Å². The van der Waals surface area contributed by atoms with Gasteiger partial charge in [-0.05, 0) is 12.1 Å². The zero-order valence-corrected chi connectivity index (χ0v) is 18.5. The number of aryl methyl sites for hydroxylation is 1. The second-order valence-electron chi connectivity index (χ2n) is 7.51. The zero-order chi connectivity index (χ0) is 23.8. The molecular formula is C21H21F3N6O2S. The number of benzene rings is 1. The minimum absolute atomic E-state index is 0.260. The molecule has 1 aliphatic rings. The summed E-state index contributed by atoms with van der Waals surface area (Å²) in [6.45, 7) is 4.66. The Morgan fingerprint density at radius 2 is 1.70 bits per heavy atom. The van der Waals surface area contributed by atoms with Gasteiger partial charge < -0.3 is 4.90 Å². The molecule has 1 saturated heterocycles. The molecule has 0 aliphatic carbocycles. The summed E-state index contributed by atoms with van der Waals surface area (Å²) in [5, 5.41) is 5.07. The first-order valence-electron chi connectivity index (χ1n) is 10.00. The Kier molecular flexibility index (Phi) is 5.97. The number of piperazine rings is 1. The van der Waals surface area contributed by atoms with Gasteiger partial charge in [-0.1, -0.05) is 18.7 Å². The summed E-state index contributed by atoms with van der Waals surface area (Å²) >= 11 is 0. The number of anilines is 1. The third-order valence-corrected chi connectivity index (χ3v) is 6.82. The highest BCUT2D eigenvalue weighted by Gasteiger charge is 2.30. The van der Waals surface area contributed by atoms with Crippen LogP contribution in [-0.2, 0) is 23.2 Å². The number of hydrogen-bond donors (Lipinski definition) is 0. The first kappa shape index (κ1) is 22.9. The maximum absolute atomic E-state index is 13.0. The van der Waals surface area contributed by atoms with Crippen molar-refractivity contribution < 1.29 is 21.6 Å². The Morgan fingerprint density at radius 3 is 2.24 bits per heavy atom. The number of halogens is 3. The van der Waals surface area contributed by atoms with Gasteiger partial charge in [-0.15, -0.1) is 0 Å². The van der Waals surface area contributed by atoms with Crippen molar-refractivity contribution in [3.63, 3.8) is 0 Å². The molecule has 1 aliphatic heterocycles. The van der Waals surface area contributed by atoms with Crippen LogP contribution in [0, 0.1) is 0 Å². The van der Waals surface area contributed by atoms with Crippen LogP contribution in [0.1, 0.15) is 5.56 Å². The molecule has 1 fully saturated rings. The van der Waals surface area contributed by atoms with E-state index in [0.29, 0.717) is 41.6 Å². The van der Waals surface area contributed by atoms with E-state index >= 15 is 0 Å². The number of sulfonamides is 1. The van der Waals surface area contributed by atoms with Crippen molar-refractivity contribution in [2.75, 3.05) is 31.1 Å². The molecule has 4 rings (SSSR count). The molecule has 12 heteroatoms. The fourth-order valence-electron chi connectivity index (χ4n) is 3.52. The molecule has 0 N–H and O–H groups in total. The molecule has 0 spiro atoms. The van der Waals surface area contributed by atoms with Crippen molar-refractivity contribution in [3.8, 4) is 22.6 Å². The largest absolute Gasteiger partial charge is 0.416 e. The minimum Gasteiger partial charge on any atom is -0.354 e. The maximum atomic E-state index is 13.0. The van der Waals surface area contributed by atoms with E-state index in [1.54, 1.807) is 30.2 Å². The molecule has 0 radical (unpaired) electrons. The second kappa shape index (κ2) is 8.60. The lowest BCUT2D eigenvalue weighted by molar-refractivity contribution is -0.137. The Hall–Kier alpha value is -3.25. The number of nitrogens with zero attached hydrogens (tertiary/aromatic N) is 6. The smallest absolute Gasteiger partial charge is 0.354 e. The van der Waals surface area contributed by atoms with E-state index < -0.39 is 21.8 Å². The van der Waals surface area contributed by atoms with Gasteiger partial charge in [0.05, 0.1) is 23.0 Å². The summed E-state index contributed by atoms with van der Waals surface area (Å²) in [6, 6.07) is 6.47. The van der Waals surface area contributed by atoms with Crippen LogP contribution in [0.3, 0.4) is 0 Å². The van der Waals surface area contributed by atoms with E-state index in [9.17, 15) is 21.6 Å². The van der Waals surface area contributed by atoms with Gasteiger partial charge in [-0.25, -0.2) is 18.4 Å². The highest BCUT2D eigenvalue weighted by molar-refractivity contribution is 7.92. The highest BCUT2D eigenvalue weighted by atomic mass is 32.2. The van der Waals surface area contributed by atoms with Gasteiger partial charge in [0, 0.05) is 56.5 Å². The summed E-state index contributed by atoms with van der Waals surface area (Å²) in [4.78, 5) is 11.1. The molecular weight excluding hydrogens is 457 g/mol. The van der Waals surface area contributed by atoms with Gasteiger partial charge >= 0.3 is 6.18 Å². The zero-order valence-electron chi connectivity index (χ0n) is 17.7. The Labute approximate surface area is 189 Å². The van der Waals surface area contributed by atoms with E-state index in [-0.39, 0.29) is 13.1 Å². The molecule has 0 saturated carbocycles. The van der Waals surface area contributed by atoms with E-state index in [0.717, 1.165) is 17.5 Å². The molecule has 2 aromatic heterocycles. The van der Waals surface area contributed by atoms with Gasteiger partial charge in [0.1, 0.15) is 5.82 Å². The SMILES string of the molecule is C=CS(=O)(=O)N1CCN(c2cc(-c3ccc(C(F)(F)F)cc3)nc(-c3cnn(C)c3)n2)CC1. The van der Waals surface area contributed by atoms with E-state index in [4.69, 9.17) is 0 Å². The Balaban J connectivity index is 1.70. The first-order valence-corrected chi connectivity index (χ1v) is 11.5. The third kappa shape index (κ3) is 4.91. The second-order valence-corrected chi connectivity index (χ2v) is 9.39. The summed E-state index contributed by atoms with van der Waals surface area (Å²) in [5.74, 6) is 0.922. The quantitative estimate of drug-likeness (QED) is 0.560. The maximum Gasteiger partial charge on any atom is 0.416 e. The predicted octanol–water partition coefficient (Wildman–Crippen LogP) is 3.16. The summed E-state index contributed by atoms with van der Waals surface area (Å²) in [5.41, 5.74) is 0.867. The third-order valence-electron chi connectivity index (χ3n) is 5.32. The molecule has 0 bridgehead atoms. The van der Waals surface area contributed by atoms with E-state index in [1.165, 1.54) is 16.4 Å². The fraction of sp³-hybridized carbons (Fsp3) is 0.286. The lowest BCUT2D eigenvalue weighted by atomic mass is 10.1. The van der Waals surface area contributed by atoms with Crippen molar-refractivity contribution in [3.05, 3.63) is 60.3 Å². The standard InChI is InChI=1S/C21H21F3N6O2S/c1-3-33(31,32)30-10-8-29(9-11-30)19-12-18(15-4-6-17(7-5-15)21(22,23)24)26-20(27-19)16-13-25-28(2)14-16/h3-7,12-14H,1,8-11H2,2H3. The van der Waals surface area contributed by atoms with Gasteiger partial charge in [0.25, 0.3) is 0 Å². The van der Waals surface area contributed by atoms with E-state index in [2.05, 4.69) is 21.6 Å². The minimum atomic E-state index is -4.43. The van der Waals surface area contributed by atoms with Crippen molar-refractivity contribution >= 4 is 15.8 Å². The first-order chi connectivity index (χ1) is 15.6. The average molecular weight is 479 g/mol. The molecule has 0 atom stereocenters. The molecule has 0 unspecified atom stereocenters. The number of hydrogen-bond acceptors (Lipinski definition) is 6. The van der Waals surface area contributed by atoms with E-state index in [1.807, 2.05) is 4.90 Å². The monoisotopic (exact) mass is 478 g/mol. The van der Waals surface area contributed by atoms with Crippen molar-refractivity contribution in [1.29, 1.82) is 0 Å². The summed E-state index contributed by atoms with van der Waals surface area (Å²) in [7, 11) is -1.75. The Morgan fingerprint density at radius 1 is 1.03 bits per heavy atom.